The third-order valence-corrected chi connectivity index (χ3v) is 2.29. The van der Waals surface area contributed by atoms with E-state index in [1.165, 1.54) is 0 Å². The molecule has 4 nitrogen and oxygen atoms in total. The molecule has 15 heavy (non-hydrogen) atoms. The fourth-order valence-corrected chi connectivity index (χ4v) is 1.65. The average molecular weight is 200 g/mol. The number of rotatable bonds is 2. The first-order chi connectivity index (χ1) is 7.26. The van der Waals surface area contributed by atoms with Crippen LogP contribution in [0.5, 0.6) is 0 Å². The number of fused-ring (bicyclic) bond motifs is 1. The Morgan fingerprint density at radius 1 is 0.933 bits per heavy atom. The molecule has 0 aliphatic heterocycles. The van der Waals surface area contributed by atoms with Crippen LogP contribution in [0.25, 0.3) is 10.8 Å². The van der Waals surface area contributed by atoms with E-state index in [2.05, 4.69) is 10.4 Å². The largest absolute Gasteiger partial charge is 0.145 e. The highest BCUT2D eigenvalue weighted by molar-refractivity contribution is 5.99. The lowest BCUT2D eigenvalue weighted by molar-refractivity contribution is 1.44. The zero-order valence-electron chi connectivity index (χ0n) is 8.10. The summed E-state index contributed by atoms with van der Waals surface area (Å²) >= 11 is 0. The highest BCUT2D eigenvalue weighted by Gasteiger charge is 2.06. The van der Waals surface area contributed by atoms with Crippen molar-refractivity contribution in [3.63, 3.8) is 0 Å². The molecule has 0 bridgehead atoms. The van der Waals surface area contributed by atoms with Crippen molar-refractivity contribution in [2.75, 3.05) is 0 Å². The zero-order chi connectivity index (χ0) is 10.8. The molecule has 4 heteroatoms. The molecule has 0 amide bonds. The molecule has 2 aromatic rings. The first kappa shape index (κ1) is 9.45. The summed E-state index contributed by atoms with van der Waals surface area (Å²) in [5.41, 5.74) is 1.56. The standard InChI is InChI=1S/C11H8N2O2/c1-7-5-9-8(11(6-7)13-15)3-2-4-10(9)12-14/h2-6H,1H3. The fourth-order valence-electron chi connectivity index (χ4n) is 1.65. The van der Waals surface area contributed by atoms with Crippen molar-refractivity contribution in [1.82, 2.24) is 0 Å². The minimum absolute atomic E-state index is 0.334. The summed E-state index contributed by atoms with van der Waals surface area (Å²) in [4.78, 5) is 21.2. The van der Waals surface area contributed by atoms with Crippen molar-refractivity contribution in [3.05, 3.63) is 45.7 Å². The van der Waals surface area contributed by atoms with Gasteiger partial charge in [0.2, 0.25) is 0 Å². The highest BCUT2D eigenvalue weighted by Crippen LogP contribution is 2.33. The molecule has 0 atom stereocenters. The number of aryl methyl sites for hydroxylation is 1. The van der Waals surface area contributed by atoms with Gasteiger partial charge in [0.05, 0.1) is 0 Å². The Balaban J connectivity index is 2.94. The second-order valence-electron chi connectivity index (χ2n) is 3.34. The summed E-state index contributed by atoms with van der Waals surface area (Å²) in [5.74, 6) is 0. The summed E-state index contributed by atoms with van der Waals surface area (Å²) in [5, 5.41) is 7.19. The van der Waals surface area contributed by atoms with Crippen molar-refractivity contribution < 1.29 is 0 Å². The molecule has 74 valence electrons. The maximum atomic E-state index is 10.6. The Morgan fingerprint density at radius 2 is 1.67 bits per heavy atom. The van der Waals surface area contributed by atoms with Crippen LogP contribution in [-0.4, -0.2) is 0 Å². The predicted molar refractivity (Wildman–Crippen MR) is 59.6 cm³/mol. The fraction of sp³-hybridized carbons (Fsp3) is 0.0909. The van der Waals surface area contributed by atoms with Crippen LogP contribution < -0.4 is 0 Å². The second kappa shape index (κ2) is 3.57. The van der Waals surface area contributed by atoms with Crippen LogP contribution in [0.4, 0.5) is 11.4 Å². The molecule has 2 aromatic carbocycles. The third kappa shape index (κ3) is 1.50. The topological polar surface area (TPSA) is 58.9 Å². The number of hydrogen-bond acceptors (Lipinski definition) is 4. The number of nitrogens with zero attached hydrogens (tertiary/aromatic N) is 2. The summed E-state index contributed by atoms with van der Waals surface area (Å²) in [6.07, 6.45) is 0. The molecule has 0 aliphatic rings. The maximum absolute atomic E-state index is 10.6. The SMILES string of the molecule is Cc1cc(N=O)c2cccc(N=O)c2c1. The minimum Gasteiger partial charge on any atom is -0.145 e. The van der Waals surface area contributed by atoms with Gasteiger partial charge in [-0.15, -0.1) is 9.81 Å². The molecule has 0 heterocycles. The van der Waals surface area contributed by atoms with E-state index in [-0.39, 0.29) is 0 Å². The van der Waals surface area contributed by atoms with Gasteiger partial charge in [0, 0.05) is 10.8 Å². The quantitative estimate of drug-likeness (QED) is 0.689. The lowest BCUT2D eigenvalue weighted by Crippen LogP contribution is -1.78. The van der Waals surface area contributed by atoms with Crippen LogP contribution in [0.3, 0.4) is 0 Å². The van der Waals surface area contributed by atoms with Crippen LogP contribution in [0.15, 0.2) is 40.7 Å². The molecule has 0 aromatic heterocycles. The molecule has 0 N–H and O–H groups in total. The molecular formula is C11H8N2O2. The molecule has 2 rings (SSSR count). The number of benzene rings is 2. The van der Waals surface area contributed by atoms with Gasteiger partial charge < -0.3 is 0 Å². The summed E-state index contributed by atoms with van der Waals surface area (Å²) in [7, 11) is 0. The van der Waals surface area contributed by atoms with Gasteiger partial charge in [-0.05, 0) is 41.0 Å². The average Bonchev–Trinajstić information content (AvgIpc) is 2.27. The van der Waals surface area contributed by atoms with Crippen molar-refractivity contribution in [2.24, 2.45) is 10.4 Å². The van der Waals surface area contributed by atoms with Crippen LogP contribution in [-0.2, 0) is 0 Å². The van der Waals surface area contributed by atoms with E-state index in [0.717, 1.165) is 5.56 Å². The van der Waals surface area contributed by atoms with Crippen LogP contribution in [0.1, 0.15) is 5.56 Å². The summed E-state index contributed by atoms with van der Waals surface area (Å²) in [6.45, 7) is 1.84. The lowest BCUT2D eigenvalue weighted by Gasteiger charge is -2.03. The Morgan fingerprint density at radius 3 is 2.33 bits per heavy atom. The Kier molecular flexibility index (Phi) is 2.25. The Hall–Kier alpha value is -2.10. The first-order valence-electron chi connectivity index (χ1n) is 4.46. The van der Waals surface area contributed by atoms with Crippen molar-refractivity contribution >= 4 is 22.1 Å². The number of nitroso groups, excluding NO2 is 2. The van der Waals surface area contributed by atoms with E-state index < -0.39 is 0 Å². The molecule has 0 spiro atoms. The Labute approximate surface area is 85.9 Å². The molecule has 0 fully saturated rings. The smallest absolute Gasteiger partial charge is 0.116 e. The van der Waals surface area contributed by atoms with E-state index in [9.17, 15) is 9.81 Å². The van der Waals surface area contributed by atoms with E-state index in [0.29, 0.717) is 22.1 Å². The Bertz CT molecular complexity index is 550. The summed E-state index contributed by atoms with van der Waals surface area (Å²) in [6, 6.07) is 8.55. The molecule has 0 radical (unpaired) electrons. The molecule has 0 saturated heterocycles. The van der Waals surface area contributed by atoms with Gasteiger partial charge >= 0.3 is 0 Å². The van der Waals surface area contributed by atoms with Gasteiger partial charge in [-0.2, -0.15) is 0 Å². The van der Waals surface area contributed by atoms with E-state index >= 15 is 0 Å². The second-order valence-corrected chi connectivity index (χ2v) is 3.34. The predicted octanol–water partition coefficient (Wildman–Crippen LogP) is 3.94. The van der Waals surface area contributed by atoms with Gasteiger partial charge in [0.1, 0.15) is 11.4 Å². The highest BCUT2D eigenvalue weighted by atomic mass is 16.3. The normalized spacial score (nSPS) is 10.2. The maximum Gasteiger partial charge on any atom is 0.116 e. The third-order valence-electron chi connectivity index (χ3n) is 2.29. The lowest BCUT2D eigenvalue weighted by atomic mass is 10.0. The zero-order valence-corrected chi connectivity index (χ0v) is 8.10. The van der Waals surface area contributed by atoms with Crippen molar-refractivity contribution in [2.45, 2.75) is 6.92 Å². The summed E-state index contributed by atoms with van der Waals surface area (Å²) < 4.78 is 0. The van der Waals surface area contributed by atoms with Gasteiger partial charge in [-0.25, -0.2) is 0 Å². The molecule has 0 aliphatic carbocycles. The van der Waals surface area contributed by atoms with Crippen LogP contribution >= 0.6 is 0 Å². The first-order valence-corrected chi connectivity index (χ1v) is 4.46. The van der Waals surface area contributed by atoms with Crippen molar-refractivity contribution in [1.29, 1.82) is 0 Å². The number of hydrogen-bond donors (Lipinski definition) is 0. The monoisotopic (exact) mass is 200 g/mol. The van der Waals surface area contributed by atoms with E-state index in [1.807, 2.05) is 13.0 Å². The van der Waals surface area contributed by atoms with Gasteiger partial charge in [0.15, 0.2) is 0 Å². The molecule has 0 unspecified atom stereocenters. The van der Waals surface area contributed by atoms with Gasteiger partial charge in [-0.3, -0.25) is 0 Å². The molecular weight excluding hydrogens is 192 g/mol. The van der Waals surface area contributed by atoms with Gasteiger partial charge in [0.25, 0.3) is 0 Å². The molecule has 0 saturated carbocycles. The van der Waals surface area contributed by atoms with Gasteiger partial charge in [-0.1, -0.05) is 12.1 Å². The van der Waals surface area contributed by atoms with Crippen LogP contribution in [0.2, 0.25) is 0 Å². The van der Waals surface area contributed by atoms with Crippen LogP contribution in [0, 0.1) is 16.7 Å². The van der Waals surface area contributed by atoms with Crippen molar-refractivity contribution in [3.8, 4) is 0 Å². The van der Waals surface area contributed by atoms with E-state index in [1.54, 1.807) is 24.3 Å². The van der Waals surface area contributed by atoms with E-state index in [4.69, 9.17) is 0 Å². The minimum atomic E-state index is 0.334.